The Morgan fingerprint density at radius 2 is 1.44 bits per heavy atom. The number of aromatic nitrogens is 2. The smallest absolute Gasteiger partial charge is 0.316 e. The highest BCUT2D eigenvalue weighted by Gasteiger charge is 2.21. The molecule has 7 nitrogen and oxygen atoms in total. The molecule has 2 aromatic carbocycles. The Labute approximate surface area is 187 Å². The number of benzene rings is 2. The molecule has 3 aromatic rings. The second-order valence-corrected chi connectivity index (χ2v) is 8.32. The Morgan fingerprint density at radius 3 is 2.00 bits per heavy atom. The SMILES string of the molecule is CCn1c(=O)c(=O)n(CC)c2cc(N3CCCCC3)c(NC(=O)c3ccc(C)cc3)cc21. The van der Waals surface area contributed by atoms with Crippen LogP contribution in [0.2, 0.25) is 0 Å². The van der Waals surface area contributed by atoms with Gasteiger partial charge in [0.05, 0.1) is 22.4 Å². The molecule has 32 heavy (non-hydrogen) atoms. The lowest BCUT2D eigenvalue weighted by molar-refractivity contribution is 0.102. The molecular weight excluding hydrogens is 404 g/mol. The van der Waals surface area contributed by atoms with Gasteiger partial charge in [0.25, 0.3) is 5.91 Å². The van der Waals surface area contributed by atoms with E-state index in [1.165, 1.54) is 15.6 Å². The van der Waals surface area contributed by atoms with Gasteiger partial charge in [0, 0.05) is 31.7 Å². The summed E-state index contributed by atoms with van der Waals surface area (Å²) in [4.78, 5) is 40.7. The molecule has 0 unspecified atom stereocenters. The van der Waals surface area contributed by atoms with Crippen molar-refractivity contribution in [3.63, 3.8) is 0 Å². The van der Waals surface area contributed by atoms with E-state index in [2.05, 4.69) is 10.2 Å². The average molecular weight is 435 g/mol. The first-order valence-corrected chi connectivity index (χ1v) is 11.4. The minimum absolute atomic E-state index is 0.197. The topological polar surface area (TPSA) is 76.3 Å². The molecule has 1 N–H and O–H groups in total. The summed E-state index contributed by atoms with van der Waals surface area (Å²) in [5.41, 5.74) is 3.53. The summed E-state index contributed by atoms with van der Waals surface area (Å²) in [6, 6.07) is 11.3. The fourth-order valence-electron chi connectivity index (χ4n) is 4.47. The molecule has 1 amide bonds. The Hall–Kier alpha value is -3.35. The summed E-state index contributed by atoms with van der Waals surface area (Å²) in [6.07, 6.45) is 3.35. The maximum Gasteiger partial charge on any atom is 0.316 e. The van der Waals surface area contributed by atoms with Crippen molar-refractivity contribution in [2.24, 2.45) is 0 Å². The Morgan fingerprint density at radius 1 is 0.875 bits per heavy atom. The van der Waals surface area contributed by atoms with Crippen molar-refractivity contribution < 1.29 is 4.79 Å². The Kier molecular flexibility index (Phi) is 6.17. The van der Waals surface area contributed by atoms with Crippen LogP contribution in [0.1, 0.15) is 49.0 Å². The van der Waals surface area contributed by atoms with Crippen molar-refractivity contribution in [1.82, 2.24) is 9.13 Å². The van der Waals surface area contributed by atoms with Crippen LogP contribution in [-0.2, 0) is 13.1 Å². The van der Waals surface area contributed by atoms with Crippen LogP contribution in [0.15, 0.2) is 46.0 Å². The molecule has 1 aromatic heterocycles. The third-order valence-electron chi connectivity index (χ3n) is 6.24. The van der Waals surface area contributed by atoms with E-state index >= 15 is 0 Å². The monoisotopic (exact) mass is 434 g/mol. The number of aryl methyl sites for hydroxylation is 3. The van der Waals surface area contributed by atoms with Gasteiger partial charge in [0.15, 0.2) is 0 Å². The highest BCUT2D eigenvalue weighted by Crippen LogP contribution is 2.33. The van der Waals surface area contributed by atoms with E-state index in [0.717, 1.165) is 37.2 Å². The van der Waals surface area contributed by atoms with Crippen molar-refractivity contribution in [3.8, 4) is 0 Å². The summed E-state index contributed by atoms with van der Waals surface area (Å²) >= 11 is 0. The minimum Gasteiger partial charge on any atom is -0.370 e. The van der Waals surface area contributed by atoms with Gasteiger partial charge >= 0.3 is 11.1 Å². The third-order valence-corrected chi connectivity index (χ3v) is 6.24. The summed E-state index contributed by atoms with van der Waals surface area (Å²) < 4.78 is 3.02. The van der Waals surface area contributed by atoms with Gasteiger partial charge in [-0.3, -0.25) is 14.4 Å². The first kappa shape index (κ1) is 21.9. The number of fused-ring (bicyclic) bond motifs is 1. The summed E-state index contributed by atoms with van der Waals surface area (Å²) in [7, 11) is 0. The van der Waals surface area contributed by atoms with Crippen LogP contribution in [0, 0.1) is 6.92 Å². The number of nitrogens with zero attached hydrogens (tertiary/aromatic N) is 3. The second-order valence-electron chi connectivity index (χ2n) is 8.32. The van der Waals surface area contributed by atoms with Gasteiger partial charge in [0.2, 0.25) is 0 Å². The van der Waals surface area contributed by atoms with Gasteiger partial charge in [-0.25, -0.2) is 0 Å². The van der Waals surface area contributed by atoms with Crippen molar-refractivity contribution in [3.05, 3.63) is 68.2 Å². The zero-order valence-electron chi connectivity index (χ0n) is 19.0. The zero-order chi connectivity index (χ0) is 22.8. The van der Waals surface area contributed by atoms with E-state index in [-0.39, 0.29) is 5.91 Å². The van der Waals surface area contributed by atoms with Gasteiger partial charge in [-0.15, -0.1) is 0 Å². The fourth-order valence-corrected chi connectivity index (χ4v) is 4.47. The number of hydrogen-bond donors (Lipinski definition) is 1. The quantitative estimate of drug-likeness (QED) is 0.621. The predicted octanol–water partition coefficient (Wildman–Crippen LogP) is 3.75. The van der Waals surface area contributed by atoms with Gasteiger partial charge in [-0.1, -0.05) is 17.7 Å². The predicted molar refractivity (Wildman–Crippen MR) is 129 cm³/mol. The fraction of sp³-hybridized carbons (Fsp3) is 0.400. The molecule has 2 heterocycles. The molecule has 168 valence electrons. The minimum atomic E-state index is -0.539. The number of carbonyl (C=O) groups is 1. The van der Waals surface area contributed by atoms with Crippen LogP contribution >= 0.6 is 0 Å². The lowest BCUT2D eigenvalue weighted by atomic mass is 10.1. The van der Waals surface area contributed by atoms with E-state index in [1.807, 2.05) is 57.2 Å². The normalized spacial score (nSPS) is 14.0. The molecular formula is C25H30N4O3. The largest absolute Gasteiger partial charge is 0.370 e. The van der Waals surface area contributed by atoms with E-state index in [4.69, 9.17) is 0 Å². The molecule has 0 atom stereocenters. The maximum atomic E-state index is 13.0. The molecule has 1 fully saturated rings. The van der Waals surface area contributed by atoms with Gasteiger partial charge in [-0.05, 0) is 64.3 Å². The number of hydrogen-bond acceptors (Lipinski definition) is 4. The average Bonchev–Trinajstić information content (AvgIpc) is 2.81. The standard InChI is InChI=1S/C25H30N4O3/c1-4-28-21-15-19(26-23(30)18-11-9-17(3)10-12-18)20(27-13-7-6-8-14-27)16-22(21)29(5-2)25(32)24(28)31/h9-12,15-16H,4-8,13-14H2,1-3H3,(H,26,30). The number of rotatable bonds is 5. The van der Waals surface area contributed by atoms with Crippen molar-refractivity contribution >= 4 is 28.3 Å². The van der Waals surface area contributed by atoms with E-state index < -0.39 is 11.1 Å². The van der Waals surface area contributed by atoms with Crippen LogP contribution in [0.4, 0.5) is 11.4 Å². The number of carbonyl (C=O) groups excluding carboxylic acids is 1. The molecule has 1 saturated heterocycles. The Bertz CT molecular complexity index is 1270. The molecule has 1 aliphatic heterocycles. The lowest BCUT2D eigenvalue weighted by Gasteiger charge is -2.31. The van der Waals surface area contributed by atoms with E-state index in [0.29, 0.717) is 35.4 Å². The van der Waals surface area contributed by atoms with Crippen molar-refractivity contribution in [2.45, 2.75) is 53.1 Å². The molecule has 0 radical (unpaired) electrons. The van der Waals surface area contributed by atoms with Crippen LogP contribution < -0.4 is 21.3 Å². The number of amides is 1. The molecule has 0 spiro atoms. The van der Waals surface area contributed by atoms with Crippen LogP contribution in [0.3, 0.4) is 0 Å². The maximum absolute atomic E-state index is 13.0. The molecule has 0 aliphatic carbocycles. The molecule has 7 heteroatoms. The Balaban J connectivity index is 1.91. The number of piperidine rings is 1. The number of nitrogens with one attached hydrogen (secondary N) is 1. The summed E-state index contributed by atoms with van der Waals surface area (Å²) in [5, 5.41) is 3.08. The van der Waals surface area contributed by atoms with Gasteiger partial charge in [0.1, 0.15) is 0 Å². The lowest BCUT2D eigenvalue weighted by Crippen LogP contribution is -2.41. The van der Waals surface area contributed by atoms with Crippen LogP contribution in [0.5, 0.6) is 0 Å². The molecule has 4 rings (SSSR count). The first-order valence-electron chi connectivity index (χ1n) is 11.4. The van der Waals surface area contributed by atoms with Crippen LogP contribution in [-0.4, -0.2) is 28.1 Å². The summed E-state index contributed by atoms with van der Waals surface area (Å²) in [6.45, 7) is 8.26. The van der Waals surface area contributed by atoms with Crippen molar-refractivity contribution in [1.29, 1.82) is 0 Å². The van der Waals surface area contributed by atoms with Crippen molar-refractivity contribution in [2.75, 3.05) is 23.3 Å². The van der Waals surface area contributed by atoms with E-state index in [1.54, 1.807) is 0 Å². The van der Waals surface area contributed by atoms with Gasteiger partial charge < -0.3 is 19.4 Å². The van der Waals surface area contributed by atoms with Crippen LogP contribution in [0.25, 0.3) is 11.0 Å². The highest BCUT2D eigenvalue weighted by molar-refractivity contribution is 6.07. The zero-order valence-corrected chi connectivity index (χ0v) is 19.0. The second kappa shape index (κ2) is 9.02. The number of anilines is 2. The first-order chi connectivity index (χ1) is 15.4. The van der Waals surface area contributed by atoms with Gasteiger partial charge in [-0.2, -0.15) is 0 Å². The highest BCUT2D eigenvalue weighted by atomic mass is 16.2. The molecule has 0 saturated carbocycles. The van der Waals surface area contributed by atoms with E-state index in [9.17, 15) is 14.4 Å². The third kappa shape index (κ3) is 3.95. The summed E-state index contributed by atoms with van der Waals surface area (Å²) in [5.74, 6) is -0.197. The molecule has 1 aliphatic rings. The molecule has 0 bridgehead atoms.